The molecule has 0 bridgehead atoms. The maximum Gasteiger partial charge on any atom is 0.269 e. The van der Waals surface area contributed by atoms with E-state index >= 15 is 0 Å². The van der Waals surface area contributed by atoms with Crippen LogP contribution in [-0.2, 0) is 21.4 Å². The van der Waals surface area contributed by atoms with Crippen molar-refractivity contribution in [2.75, 3.05) is 5.75 Å². The van der Waals surface area contributed by atoms with Crippen molar-refractivity contribution in [2.24, 2.45) is 0 Å². The molecular formula is C23H23N3O4S2. The van der Waals surface area contributed by atoms with Gasteiger partial charge in [0.25, 0.3) is 5.91 Å². The van der Waals surface area contributed by atoms with Gasteiger partial charge in [0.2, 0.25) is 15.9 Å². The van der Waals surface area contributed by atoms with Crippen molar-refractivity contribution < 1.29 is 18.0 Å². The van der Waals surface area contributed by atoms with Crippen LogP contribution in [0.25, 0.3) is 0 Å². The SMILES string of the molecule is O=C(CCSc1ccccc1)NNC(=O)c1cccc(S(=O)(=O)NCc2ccccc2)c1. The molecule has 0 unspecified atom stereocenters. The molecule has 166 valence electrons. The molecule has 0 atom stereocenters. The summed E-state index contributed by atoms with van der Waals surface area (Å²) >= 11 is 1.54. The molecular weight excluding hydrogens is 446 g/mol. The zero-order valence-corrected chi connectivity index (χ0v) is 18.8. The molecule has 0 saturated heterocycles. The summed E-state index contributed by atoms with van der Waals surface area (Å²) in [4.78, 5) is 25.3. The van der Waals surface area contributed by atoms with Crippen LogP contribution in [0.4, 0.5) is 0 Å². The van der Waals surface area contributed by atoms with Crippen LogP contribution in [0.2, 0.25) is 0 Å². The van der Waals surface area contributed by atoms with Gasteiger partial charge in [-0.1, -0.05) is 54.6 Å². The molecule has 0 radical (unpaired) electrons. The predicted molar refractivity (Wildman–Crippen MR) is 124 cm³/mol. The number of hydrogen-bond acceptors (Lipinski definition) is 5. The summed E-state index contributed by atoms with van der Waals surface area (Å²) in [6, 6.07) is 24.4. The molecule has 3 rings (SSSR count). The number of benzene rings is 3. The topological polar surface area (TPSA) is 104 Å². The van der Waals surface area contributed by atoms with Gasteiger partial charge >= 0.3 is 0 Å². The van der Waals surface area contributed by atoms with Gasteiger partial charge in [0.1, 0.15) is 0 Å². The van der Waals surface area contributed by atoms with E-state index in [0.29, 0.717) is 5.75 Å². The fourth-order valence-corrected chi connectivity index (χ4v) is 4.64. The first kappa shape index (κ1) is 23.5. The van der Waals surface area contributed by atoms with Crippen molar-refractivity contribution in [3.05, 3.63) is 96.1 Å². The number of carbonyl (C=O) groups excluding carboxylic acids is 2. The second-order valence-corrected chi connectivity index (χ2v) is 9.69. The van der Waals surface area contributed by atoms with Crippen LogP contribution >= 0.6 is 11.8 Å². The third-order valence-electron chi connectivity index (χ3n) is 4.37. The van der Waals surface area contributed by atoms with Gasteiger partial charge in [-0.2, -0.15) is 0 Å². The van der Waals surface area contributed by atoms with E-state index in [2.05, 4.69) is 15.6 Å². The van der Waals surface area contributed by atoms with Crippen LogP contribution in [-0.4, -0.2) is 26.0 Å². The highest BCUT2D eigenvalue weighted by atomic mass is 32.2. The molecule has 3 N–H and O–H groups in total. The minimum absolute atomic E-state index is 0.0355. The molecule has 3 aromatic carbocycles. The van der Waals surface area contributed by atoms with Gasteiger partial charge in [0, 0.05) is 29.2 Å². The van der Waals surface area contributed by atoms with E-state index < -0.39 is 15.9 Å². The van der Waals surface area contributed by atoms with Crippen molar-refractivity contribution in [3.8, 4) is 0 Å². The number of hydrogen-bond donors (Lipinski definition) is 3. The Morgan fingerprint density at radius 2 is 1.50 bits per heavy atom. The zero-order valence-electron chi connectivity index (χ0n) is 17.2. The second kappa shape index (κ2) is 11.5. The maximum absolute atomic E-state index is 12.6. The van der Waals surface area contributed by atoms with E-state index in [1.807, 2.05) is 60.7 Å². The van der Waals surface area contributed by atoms with E-state index in [9.17, 15) is 18.0 Å². The Morgan fingerprint density at radius 1 is 0.812 bits per heavy atom. The van der Waals surface area contributed by atoms with Crippen molar-refractivity contribution in [2.45, 2.75) is 22.8 Å². The lowest BCUT2D eigenvalue weighted by atomic mass is 10.2. The number of hydrazine groups is 1. The highest BCUT2D eigenvalue weighted by Crippen LogP contribution is 2.17. The van der Waals surface area contributed by atoms with Gasteiger partial charge in [-0.3, -0.25) is 20.4 Å². The van der Waals surface area contributed by atoms with Crippen LogP contribution in [0.3, 0.4) is 0 Å². The minimum Gasteiger partial charge on any atom is -0.273 e. The molecule has 9 heteroatoms. The molecule has 0 saturated carbocycles. The van der Waals surface area contributed by atoms with Crippen molar-refractivity contribution in [1.82, 2.24) is 15.6 Å². The summed E-state index contributed by atoms with van der Waals surface area (Å²) < 4.78 is 27.6. The van der Waals surface area contributed by atoms with Gasteiger partial charge in [0.15, 0.2) is 0 Å². The first-order valence-electron chi connectivity index (χ1n) is 9.85. The summed E-state index contributed by atoms with van der Waals surface area (Å²) in [7, 11) is -3.80. The number of carbonyl (C=O) groups is 2. The summed E-state index contributed by atoms with van der Waals surface area (Å²) in [6.07, 6.45) is 0.220. The molecule has 0 heterocycles. The van der Waals surface area contributed by atoms with E-state index in [-0.39, 0.29) is 29.3 Å². The number of amides is 2. The van der Waals surface area contributed by atoms with Crippen molar-refractivity contribution in [3.63, 3.8) is 0 Å². The highest BCUT2D eigenvalue weighted by molar-refractivity contribution is 7.99. The lowest BCUT2D eigenvalue weighted by Gasteiger charge is -2.10. The van der Waals surface area contributed by atoms with E-state index in [1.54, 1.807) is 0 Å². The molecule has 0 spiro atoms. The lowest BCUT2D eigenvalue weighted by Crippen LogP contribution is -2.41. The first-order chi connectivity index (χ1) is 15.4. The summed E-state index contributed by atoms with van der Waals surface area (Å²) in [5.41, 5.74) is 5.61. The Hall–Kier alpha value is -3.14. The largest absolute Gasteiger partial charge is 0.273 e. The van der Waals surface area contributed by atoms with Crippen LogP contribution in [0, 0.1) is 0 Å². The minimum atomic E-state index is -3.80. The summed E-state index contributed by atoms with van der Waals surface area (Å²) in [6.45, 7) is 0.136. The molecule has 2 amide bonds. The lowest BCUT2D eigenvalue weighted by molar-refractivity contribution is -0.121. The van der Waals surface area contributed by atoms with Crippen LogP contribution in [0.15, 0.2) is 94.7 Å². The quantitative estimate of drug-likeness (QED) is 0.330. The number of sulfonamides is 1. The summed E-state index contributed by atoms with van der Waals surface area (Å²) in [5, 5.41) is 0. The first-order valence-corrected chi connectivity index (χ1v) is 12.3. The molecule has 0 fully saturated rings. The van der Waals surface area contributed by atoms with E-state index in [1.165, 1.54) is 36.0 Å². The Kier molecular flexibility index (Phi) is 8.43. The second-order valence-electron chi connectivity index (χ2n) is 6.75. The smallest absolute Gasteiger partial charge is 0.269 e. The van der Waals surface area contributed by atoms with E-state index in [4.69, 9.17) is 0 Å². The Bertz CT molecular complexity index is 1150. The van der Waals surface area contributed by atoms with Gasteiger partial charge in [0.05, 0.1) is 4.90 Å². The Balaban J connectivity index is 1.50. The molecule has 0 aliphatic rings. The molecule has 0 aromatic heterocycles. The molecule has 7 nitrogen and oxygen atoms in total. The number of rotatable bonds is 9. The molecule has 0 aliphatic carbocycles. The van der Waals surface area contributed by atoms with E-state index in [0.717, 1.165) is 10.5 Å². The number of nitrogens with one attached hydrogen (secondary N) is 3. The van der Waals surface area contributed by atoms with Crippen LogP contribution in [0.1, 0.15) is 22.3 Å². The molecule has 3 aromatic rings. The zero-order chi connectivity index (χ0) is 22.8. The average molecular weight is 470 g/mol. The predicted octanol–water partition coefficient (Wildman–Crippen LogP) is 3.11. The fraction of sp³-hybridized carbons (Fsp3) is 0.130. The number of thioether (sulfide) groups is 1. The van der Waals surface area contributed by atoms with Gasteiger partial charge < -0.3 is 0 Å². The third kappa shape index (κ3) is 7.23. The van der Waals surface area contributed by atoms with Crippen molar-refractivity contribution >= 4 is 33.6 Å². The van der Waals surface area contributed by atoms with Gasteiger partial charge in [-0.15, -0.1) is 11.8 Å². The van der Waals surface area contributed by atoms with Crippen LogP contribution < -0.4 is 15.6 Å². The van der Waals surface area contributed by atoms with Gasteiger partial charge in [-0.25, -0.2) is 13.1 Å². The molecule has 0 aliphatic heterocycles. The maximum atomic E-state index is 12.6. The average Bonchev–Trinajstić information content (AvgIpc) is 2.83. The molecule has 32 heavy (non-hydrogen) atoms. The summed E-state index contributed by atoms with van der Waals surface area (Å²) in [5.74, 6) is -0.378. The third-order valence-corrected chi connectivity index (χ3v) is 6.78. The highest BCUT2D eigenvalue weighted by Gasteiger charge is 2.16. The van der Waals surface area contributed by atoms with Crippen LogP contribution in [0.5, 0.6) is 0 Å². The van der Waals surface area contributed by atoms with Crippen molar-refractivity contribution in [1.29, 1.82) is 0 Å². The normalized spacial score (nSPS) is 11.0. The standard InChI is InChI=1S/C23H23N3O4S2/c27-22(14-15-31-20-11-5-2-6-12-20)25-26-23(28)19-10-7-13-21(16-19)32(29,30)24-17-18-8-3-1-4-9-18/h1-13,16,24H,14-15,17H2,(H,25,27)(H,26,28). The monoisotopic (exact) mass is 469 g/mol. The Labute approximate surface area is 191 Å². The fourth-order valence-electron chi connectivity index (χ4n) is 2.70. The Morgan fingerprint density at radius 3 is 2.22 bits per heavy atom. The van der Waals surface area contributed by atoms with Gasteiger partial charge in [-0.05, 0) is 35.9 Å².